The normalized spacial score (nSPS) is 14.8. The summed E-state index contributed by atoms with van der Waals surface area (Å²) in [6.07, 6.45) is 7.70. The maximum Gasteiger partial charge on any atom is 0.410 e. The lowest BCUT2D eigenvalue weighted by Gasteiger charge is -2.48. The Balaban J connectivity index is 1.75. The molecule has 10 heteroatoms. The van der Waals surface area contributed by atoms with Crippen molar-refractivity contribution in [2.24, 2.45) is 5.73 Å². The van der Waals surface area contributed by atoms with Crippen LogP contribution in [0.5, 0.6) is 0 Å². The van der Waals surface area contributed by atoms with Crippen LogP contribution in [0.25, 0.3) is 0 Å². The smallest absolute Gasteiger partial charge is 0.410 e. The zero-order chi connectivity index (χ0) is 22.4. The van der Waals surface area contributed by atoms with Crippen LogP contribution in [-0.2, 0) is 16.9 Å². The van der Waals surface area contributed by atoms with Crippen LogP contribution < -0.4 is 11.1 Å². The first-order valence-corrected chi connectivity index (χ1v) is 9.55. The highest BCUT2D eigenvalue weighted by Gasteiger charge is 2.48. The van der Waals surface area contributed by atoms with Gasteiger partial charge in [-0.25, -0.2) is 4.79 Å². The van der Waals surface area contributed by atoms with Crippen molar-refractivity contribution in [3.05, 3.63) is 66.3 Å². The molecule has 0 saturated carbocycles. The summed E-state index contributed by atoms with van der Waals surface area (Å²) in [6.45, 7) is 6.06. The fraction of sp³-hybridized carbons (Fsp3) is 0.286. The highest BCUT2D eigenvalue weighted by atomic mass is 16.6. The monoisotopic (exact) mass is 421 g/mol. The third kappa shape index (κ3) is 4.56. The molecule has 0 bridgehead atoms. The van der Waals surface area contributed by atoms with Crippen LogP contribution in [0.3, 0.4) is 0 Å². The van der Waals surface area contributed by atoms with Crippen molar-refractivity contribution in [2.45, 2.75) is 25.5 Å². The van der Waals surface area contributed by atoms with E-state index < -0.39 is 17.5 Å². The Labute approximate surface area is 179 Å². The predicted molar refractivity (Wildman–Crippen MR) is 113 cm³/mol. The molecule has 1 fully saturated rings. The molecule has 160 valence electrons. The Hall–Kier alpha value is -4.13. The van der Waals surface area contributed by atoms with E-state index in [1.165, 1.54) is 15.8 Å². The molecule has 2 aromatic heterocycles. The summed E-state index contributed by atoms with van der Waals surface area (Å²) in [5.74, 6) is -0.398. The van der Waals surface area contributed by atoms with Crippen molar-refractivity contribution in [2.75, 3.05) is 18.4 Å². The number of allylic oxidation sites excluding steroid dienone is 2. The number of pyridine rings is 1. The first-order valence-electron chi connectivity index (χ1n) is 9.55. The minimum absolute atomic E-state index is 0.0956. The van der Waals surface area contributed by atoms with Crippen LogP contribution in [0.15, 0.2) is 55.2 Å². The number of hydrogen-bond acceptors (Lipinski definition) is 7. The number of hydrogen-bond donors (Lipinski definition) is 2. The van der Waals surface area contributed by atoms with Gasteiger partial charge < -0.3 is 20.7 Å². The second kappa shape index (κ2) is 9.13. The molecule has 0 unspecified atom stereocenters. The minimum Gasteiger partial charge on any atom is -0.445 e. The summed E-state index contributed by atoms with van der Waals surface area (Å²) in [4.78, 5) is 29.7. The van der Waals surface area contributed by atoms with Gasteiger partial charge in [0, 0.05) is 24.3 Å². The van der Waals surface area contributed by atoms with E-state index in [0.29, 0.717) is 5.70 Å². The number of primary amides is 1. The van der Waals surface area contributed by atoms with Gasteiger partial charge in [-0.3, -0.25) is 14.5 Å². The number of nitriles is 1. The third-order valence-electron chi connectivity index (χ3n) is 5.01. The number of amides is 2. The van der Waals surface area contributed by atoms with Crippen molar-refractivity contribution in [3.63, 3.8) is 0 Å². The molecule has 31 heavy (non-hydrogen) atoms. The van der Waals surface area contributed by atoms with Crippen LogP contribution in [0.4, 0.5) is 10.6 Å². The number of likely N-dealkylation sites (tertiary alicyclic amines) is 1. The topological polar surface area (TPSA) is 139 Å². The lowest BCUT2D eigenvalue weighted by Crippen LogP contribution is -2.64. The van der Waals surface area contributed by atoms with Crippen LogP contribution in [0, 0.1) is 11.3 Å². The maximum absolute atomic E-state index is 12.4. The number of nitrogens with two attached hydrogens (primary N) is 1. The Morgan fingerprint density at radius 2 is 2.13 bits per heavy atom. The molecule has 10 nitrogen and oxygen atoms in total. The third-order valence-corrected chi connectivity index (χ3v) is 5.01. The van der Waals surface area contributed by atoms with Crippen LogP contribution in [0.1, 0.15) is 29.3 Å². The van der Waals surface area contributed by atoms with E-state index in [2.05, 4.69) is 28.0 Å². The van der Waals surface area contributed by atoms with Gasteiger partial charge in [-0.2, -0.15) is 10.4 Å². The molecule has 1 aliphatic rings. The average Bonchev–Trinajstić information content (AvgIpc) is 3.17. The summed E-state index contributed by atoms with van der Waals surface area (Å²) in [7, 11) is 0. The number of rotatable bonds is 8. The second-order valence-electron chi connectivity index (χ2n) is 7.10. The SMILES string of the molecule is C=C/C(=C\C)Nc1nn(C2(CC#N)CN(C(=O)OCc3ccncc3)C2)cc1C(N)=O. The zero-order valence-electron chi connectivity index (χ0n) is 17.1. The first-order chi connectivity index (χ1) is 14.9. The number of nitrogens with one attached hydrogen (secondary N) is 1. The highest BCUT2D eigenvalue weighted by molar-refractivity contribution is 5.97. The van der Waals surface area contributed by atoms with Crippen LogP contribution in [-0.4, -0.2) is 44.8 Å². The molecule has 0 spiro atoms. The van der Waals surface area contributed by atoms with E-state index in [0.717, 1.165) is 5.56 Å². The summed E-state index contributed by atoms with van der Waals surface area (Å²) in [5, 5.41) is 16.8. The Bertz CT molecular complexity index is 1050. The molecular formula is C21H23N7O3. The molecule has 2 aromatic rings. The summed E-state index contributed by atoms with van der Waals surface area (Å²) in [5.41, 5.74) is 6.37. The van der Waals surface area contributed by atoms with Gasteiger partial charge in [0.15, 0.2) is 5.82 Å². The Morgan fingerprint density at radius 3 is 2.71 bits per heavy atom. The molecule has 1 aliphatic heterocycles. The Morgan fingerprint density at radius 1 is 1.42 bits per heavy atom. The quantitative estimate of drug-likeness (QED) is 0.622. The number of carbonyl (C=O) groups excluding carboxylic acids is 2. The molecule has 0 radical (unpaired) electrons. The minimum atomic E-state index is -0.779. The number of anilines is 1. The van der Waals surface area contributed by atoms with Crippen LogP contribution >= 0.6 is 0 Å². The lowest BCUT2D eigenvalue weighted by atomic mass is 9.87. The summed E-state index contributed by atoms with van der Waals surface area (Å²) >= 11 is 0. The number of carbonyl (C=O) groups is 2. The van der Waals surface area contributed by atoms with Crippen LogP contribution in [0.2, 0.25) is 0 Å². The van der Waals surface area contributed by atoms with Gasteiger partial charge in [0.25, 0.3) is 5.91 Å². The number of ether oxygens (including phenoxy) is 1. The predicted octanol–water partition coefficient (Wildman–Crippen LogP) is 2.14. The largest absolute Gasteiger partial charge is 0.445 e. The molecular weight excluding hydrogens is 398 g/mol. The van der Waals surface area contributed by atoms with Gasteiger partial charge in [-0.15, -0.1) is 0 Å². The summed E-state index contributed by atoms with van der Waals surface area (Å²) < 4.78 is 6.86. The second-order valence-corrected chi connectivity index (χ2v) is 7.10. The fourth-order valence-corrected chi connectivity index (χ4v) is 3.26. The average molecular weight is 421 g/mol. The van der Waals surface area contributed by atoms with Crippen molar-refractivity contribution in [3.8, 4) is 6.07 Å². The number of aromatic nitrogens is 3. The molecule has 0 aliphatic carbocycles. The van der Waals surface area contributed by atoms with E-state index in [1.54, 1.807) is 36.7 Å². The molecule has 3 rings (SSSR count). The number of nitrogens with zero attached hydrogens (tertiary/aromatic N) is 5. The van der Waals surface area contributed by atoms with Gasteiger partial charge in [0.2, 0.25) is 0 Å². The highest BCUT2D eigenvalue weighted by Crippen LogP contribution is 2.34. The van der Waals surface area contributed by atoms with E-state index in [1.807, 2.05) is 6.92 Å². The molecule has 2 amide bonds. The fourth-order valence-electron chi connectivity index (χ4n) is 3.26. The van der Waals surface area contributed by atoms with Crippen molar-refractivity contribution in [1.29, 1.82) is 5.26 Å². The van der Waals surface area contributed by atoms with Gasteiger partial charge in [-0.05, 0) is 30.7 Å². The molecule has 3 N–H and O–H groups in total. The molecule has 1 saturated heterocycles. The molecule has 0 aromatic carbocycles. The Kier molecular flexibility index (Phi) is 6.35. The van der Waals surface area contributed by atoms with E-state index >= 15 is 0 Å². The van der Waals surface area contributed by atoms with Gasteiger partial charge >= 0.3 is 6.09 Å². The van der Waals surface area contributed by atoms with E-state index in [4.69, 9.17) is 10.5 Å². The van der Waals surface area contributed by atoms with Crippen molar-refractivity contribution < 1.29 is 14.3 Å². The standard InChI is InChI=1S/C21H23N7O3/c1-3-16(4-2)25-19-17(18(23)29)11-28(26-19)21(7-8-22)13-27(14-21)20(30)31-12-15-5-9-24-10-6-15/h3-6,9-11H,1,7,12-14H2,2H3,(H2,23,29)(H,25,26)/b16-4+. The summed E-state index contributed by atoms with van der Waals surface area (Å²) in [6, 6.07) is 5.66. The molecule has 3 heterocycles. The molecule has 0 atom stereocenters. The van der Waals surface area contributed by atoms with Crippen molar-refractivity contribution in [1.82, 2.24) is 19.7 Å². The van der Waals surface area contributed by atoms with Gasteiger partial charge in [0.05, 0.1) is 25.6 Å². The van der Waals surface area contributed by atoms with Gasteiger partial charge in [0.1, 0.15) is 17.7 Å². The van der Waals surface area contributed by atoms with E-state index in [9.17, 15) is 14.9 Å². The van der Waals surface area contributed by atoms with Gasteiger partial charge in [-0.1, -0.05) is 12.7 Å². The lowest BCUT2D eigenvalue weighted by molar-refractivity contribution is -0.00247. The first kappa shape index (κ1) is 21.6. The maximum atomic E-state index is 12.4. The zero-order valence-corrected chi connectivity index (χ0v) is 17.1. The van der Waals surface area contributed by atoms with Crippen molar-refractivity contribution >= 4 is 17.8 Å². The van der Waals surface area contributed by atoms with E-state index in [-0.39, 0.29) is 37.5 Å².